The molecule has 1 aliphatic rings. The fourth-order valence-corrected chi connectivity index (χ4v) is 3.20. The molecule has 0 radical (unpaired) electrons. The van der Waals surface area contributed by atoms with E-state index in [1.165, 1.54) is 25.7 Å². The molecule has 0 heterocycles. The molecule has 1 saturated carbocycles. The second-order valence-electron chi connectivity index (χ2n) is 6.09. The summed E-state index contributed by atoms with van der Waals surface area (Å²) in [5, 5.41) is 3.07. The van der Waals surface area contributed by atoms with Crippen LogP contribution in [0.15, 0.2) is 18.2 Å². The monoisotopic (exact) mass is 305 g/mol. The number of amides is 1. The van der Waals surface area contributed by atoms with Crippen LogP contribution in [-0.2, 0) is 4.79 Å². The Morgan fingerprint density at radius 3 is 2.64 bits per heavy atom. The highest BCUT2D eigenvalue weighted by Crippen LogP contribution is 2.30. The molecule has 0 spiro atoms. The Morgan fingerprint density at radius 2 is 2.00 bits per heavy atom. The number of methoxy groups -OCH3 is 2. The molecule has 1 amide bonds. The summed E-state index contributed by atoms with van der Waals surface area (Å²) in [6.07, 6.45) is 6.83. The van der Waals surface area contributed by atoms with Gasteiger partial charge in [0.05, 0.1) is 20.3 Å². The predicted molar refractivity (Wildman–Crippen MR) is 87.3 cm³/mol. The zero-order valence-corrected chi connectivity index (χ0v) is 13.9. The van der Waals surface area contributed by atoms with E-state index in [1.54, 1.807) is 14.2 Å². The number of nitrogens with one attached hydrogen (secondary N) is 1. The highest BCUT2D eigenvalue weighted by Gasteiger charge is 2.18. The first-order valence-electron chi connectivity index (χ1n) is 8.15. The molecule has 1 aromatic rings. The van der Waals surface area contributed by atoms with Crippen LogP contribution >= 0.6 is 0 Å². The minimum Gasteiger partial charge on any atom is -0.497 e. The van der Waals surface area contributed by atoms with E-state index in [-0.39, 0.29) is 11.9 Å². The van der Waals surface area contributed by atoms with Crippen molar-refractivity contribution in [3.8, 4) is 11.5 Å². The summed E-state index contributed by atoms with van der Waals surface area (Å²) in [7, 11) is 3.27. The summed E-state index contributed by atoms with van der Waals surface area (Å²) in [6, 6.07) is 5.55. The van der Waals surface area contributed by atoms with Crippen molar-refractivity contribution in [3.63, 3.8) is 0 Å². The maximum Gasteiger partial charge on any atom is 0.220 e. The topological polar surface area (TPSA) is 47.6 Å². The van der Waals surface area contributed by atoms with Gasteiger partial charge in [-0.3, -0.25) is 4.79 Å². The van der Waals surface area contributed by atoms with E-state index in [9.17, 15) is 4.79 Å². The molecule has 1 N–H and O–H groups in total. The van der Waals surface area contributed by atoms with Crippen molar-refractivity contribution in [2.45, 2.75) is 51.5 Å². The standard InChI is InChI=1S/C18H27NO3/c1-13(16-12-15(21-2)9-10-17(16)22-3)19-18(20)11-8-14-6-4-5-7-14/h9-10,12-14H,4-8,11H2,1-3H3,(H,19,20)/t13-/m0/s1. The summed E-state index contributed by atoms with van der Waals surface area (Å²) in [6.45, 7) is 1.98. The number of hydrogen-bond acceptors (Lipinski definition) is 3. The average molecular weight is 305 g/mol. The first-order valence-corrected chi connectivity index (χ1v) is 8.15. The molecule has 122 valence electrons. The van der Waals surface area contributed by atoms with Crippen LogP contribution in [-0.4, -0.2) is 20.1 Å². The summed E-state index contributed by atoms with van der Waals surface area (Å²) in [5.74, 6) is 2.39. The third-order valence-electron chi connectivity index (χ3n) is 4.54. The van der Waals surface area contributed by atoms with Gasteiger partial charge < -0.3 is 14.8 Å². The van der Waals surface area contributed by atoms with Crippen LogP contribution in [0, 0.1) is 5.92 Å². The molecule has 1 aromatic carbocycles. The minimum atomic E-state index is -0.0962. The predicted octanol–water partition coefficient (Wildman–Crippen LogP) is 3.85. The maximum absolute atomic E-state index is 12.2. The molecule has 0 bridgehead atoms. The van der Waals surface area contributed by atoms with Crippen LogP contribution in [0.2, 0.25) is 0 Å². The van der Waals surface area contributed by atoms with Crippen LogP contribution in [0.1, 0.15) is 57.1 Å². The zero-order chi connectivity index (χ0) is 15.9. The van der Waals surface area contributed by atoms with Gasteiger partial charge in [0.2, 0.25) is 5.91 Å². The second kappa shape index (κ2) is 8.06. The number of ether oxygens (including phenoxy) is 2. The average Bonchev–Trinajstić information content (AvgIpc) is 3.05. The lowest BCUT2D eigenvalue weighted by molar-refractivity contribution is -0.122. The van der Waals surface area contributed by atoms with Crippen molar-refractivity contribution < 1.29 is 14.3 Å². The summed E-state index contributed by atoms with van der Waals surface area (Å²) in [5.41, 5.74) is 0.941. The Kier molecular flexibility index (Phi) is 6.10. The highest BCUT2D eigenvalue weighted by atomic mass is 16.5. The number of carbonyl (C=O) groups is 1. The van der Waals surface area contributed by atoms with E-state index < -0.39 is 0 Å². The van der Waals surface area contributed by atoms with Gasteiger partial charge in [-0.25, -0.2) is 0 Å². The van der Waals surface area contributed by atoms with Gasteiger partial charge in [0.1, 0.15) is 11.5 Å². The largest absolute Gasteiger partial charge is 0.497 e. The Labute approximate surface area is 133 Å². The van der Waals surface area contributed by atoms with Gasteiger partial charge in [-0.2, -0.15) is 0 Å². The van der Waals surface area contributed by atoms with Gasteiger partial charge in [0.25, 0.3) is 0 Å². The van der Waals surface area contributed by atoms with Crippen molar-refractivity contribution >= 4 is 5.91 Å². The Morgan fingerprint density at radius 1 is 1.27 bits per heavy atom. The first kappa shape index (κ1) is 16.7. The normalized spacial score (nSPS) is 16.3. The highest BCUT2D eigenvalue weighted by molar-refractivity contribution is 5.76. The van der Waals surface area contributed by atoms with Gasteiger partial charge in [-0.1, -0.05) is 25.7 Å². The molecule has 0 aromatic heterocycles. The molecular formula is C18H27NO3. The molecular weight excluding hydrogens is 278 g/mol. The zero-order valence-electron chi connectivity index (χ0n) is 13.9. The summed E-state index contributed by atoms with van der Waals surface area (Å²) in [4.78, 5) is 12.2. The number of carbonyl (C=O) groups excluding carboxylic acids is 1. The van der Waals surface area contributed by atoms with Gasteiger partial charge >= 0.3 is 0 Å². The molecule has 22 heavy (non-hydrogen) atoms. The lowest BCUT2D eigenvalue weighted by Crippen LogP contribution is -2.27. The van der Waals surface area contributed by atoms with E-state index in [0.717, 1.165) is 29.4 Å². The third-order valence-corrected chi connectivity index (χ3v) is 4.54. The lowest BCUT2D eigenvalue weighted by atomic mass is 10.0. The van der Waals surface area contributed by atoms with Crippen LogP contribution < -0.4 is 14.8 Å². The molecule has 2 rings (SSSR count). The molecule has 4 heteroatoms. The smallest absolute Gasteiger partial charge is 0.220 e. The Bertz CT molecular complexity index is 495. The third kappa shape index (κ3) is 4.39. The fraction of sp³-hybridized carbons (Fsp3) is 0.611. The Hall–Kier alpha value is -1.71. The summed E-state index contributed by atoms with van der Waals surface area (Å²) < 4.78 is 10.6. The van der Waals surface area contributed by atoms with Crippen LogP contribution in [0.25, 0.3) is 0 Å². The van der Waals surface area contributed by atoms with E-state index in [2.05, 4.69) is 5.32 Å². The molecule has 1 atom stereocenters. The van der Waals surface area contributed by atoms with Crippen LogP contribution in [0.4, 0.5) is 0 Å². The second-order valence-corrected chi connectivity index (χ2v) is 6.09. The quantitative estimate of drug-likeness (QED) is 0.832. The maximum atomic E-state index is 12.2. The van der Waals surface area contributed by atoms with Crippen LogP contribution in [0.5, 0.6) is 11.5 Å². The molecule has 4 nitrogen and oxygen atoms in total. The van der Waals surface area contributed by atoms with Gasteiger partial charge in [-0.15, -0.1) is 0 Å². The van der Waals surface area contributed by atoms with Crippen molar-refractivity contribution in [2.75, 3.05) is 14.2 Å². The molecule has 0 saturated heterocycles. The van der Waals surface area contributed by atoms with Crippen molar-refractivity contribution in [1.29, 1.82) is 0 Å². The molecule has 0 unspecified atom stereocenters. The van der Waals surface area contributed by atoms with Crippen molar-refractivity contribution in [3.05, 3.63) is 23.8 Å². The molecule has 1 aliphatic carbocycles. The SMILES string of the molecule is COc1ccc(OC)c([C@H](C)NC(=O)CCC2CCCC2)c1. The van der Waals surface area contributed by atoms with Gasteiger partial charge in [0.15, 0.2) is 0 Å². The van der Waals surface area contributed by atoms with Gasteiger partial charge in [-0.05, 0) is 37.5 Å². The molecule has 0 aliphatic heterocycles. The van der Waals surface area contributed by atoms with Crippen LogP contribution in [0.3, 0.4) is 0 Å². The van der Waals surface area contributed by atoms with E-state index >= 15 is 0 Å². The van der Waals surface area contributed by atoms with E-state index in [0.29, 0.717) is 6.42 Å². The summed E-state index contributed by atoms with van der Waals surface area (Å²) >= 11 is 0. The number of benzene rings is 1. The minimum absolute atomic E-state index is 0.0962. The van der Waals surface area contributed by atoms with E-state index in [4.69, 9.17) is 9.47 Å². The fourth-order valence-electron chi connectivity index (χ4n) is 3.20. The molecule has 1 fully saturated rings. The Balaban J connectivity index is 1.92. The van der Waals surface area contributed by atoms with E-state index in [1.807, 2.05) is 25.1 Å². The first-order chi connectivity index (χ1) is 10.6. The van der Waals surface area contributed by atoms with Crippen molar-refractivity contribution in [1.82, 2.24) is 5.32 Å². The number of hydrogen-bond donors (Lipinski definition) is 1. The number of rotatable bonds is 7. The van der Waals surface area contributed by atoms with Crippen molar-refractivity contribution in [2.24, 2.45) is 5.92 Å². The lowest BCUT2D eigenvalue weighted by Gasteiger charge is -2.18. The van der Waals surface area contributed by atoms with Gasteiger partial charge in [0, 0.05) is 12.0 Å².